The molecule has 1 aliphatic carbocycles. The molecular formula is C22H22N4. The van der Waals surface area contributed by atoms with Gasteiger partial charge in [0.1, 0.15) is 0 Å². The van der Waals surface area contributed by atoms with Crippen LogP contribution in [0.15, 0.2) is 55.4 Å². The Balaban J connectivity index is 1.76. The van der Waals surface area contributed by atoms with Crippen LogP contribution in [-0.4, -0.2) is 15.0 Å². The van der Waals surface area contributed by atoms with Gasteiger partial charge in [0, 0.05) is 34.2 Å². The first-order valence-electron chi connectivity index (χ1n) is 8.90. The zero-order chi connectivity index (χ0) is 17.9. The SMILES string of the molecule is C=C(c1c[nH]c2c1=CCCC=2)C(Nc1nccc(C)n1)c1ccccc1. The zero-order valence-electron chi connectivity index (χ0n) is 14.9. The lowest BCUT2D eigenvalue weighted by molar-refractivity contribution is 0.952. The van der Waals surface area contributed by atoms with Crippen LogP contribution in [0.25, 0.3) is 17.7 Å². The Morgan fingerprint density at radius 2 is 1.96 bits per heavy atom. The molecule has 1 aliphatic rings. The van der Waals surface area contributed by atoms with Gasteiger partial charge in [-0.1, -0.05) is 49.1 Å². The third kappa shape index (κ3) is 3.18. The molecule has 0 amide bonds. The summed E-state index contributed by atoms with van der Waals surface area (Å²) in [6.45, 7) is 6.39. The normalized spacial score (nSPS) is 13.9. The third-order valence-electron chi connectivity index (χ3n) is 4.71. The van der Waals surface area contributed by atoms with E-state index in [0.29, 0.717) is 5.95 Å². The maximum atomic E-state index is 4.50. The highest BCUT2D eigenvalue weighted by Crippen LogP contribution is 2.29. The average molecular weight is 342 g/mol. The zero-order valence-corrected chi connectivity index (χ0v) is 14.9. The average Bonchev–Trinajstić information content (AvgIpc) is 3.10. The van der Waals surface area contributed by atoms with Gasteiger partial charge in [0.25, 0.3) is 0 Å². The van der Waals surface area contributed by atoms with Gasteiger partial charge in [-0.3, -0.25) is 0 Å². The van der Waals surface area contributed by atoms with E-state index in [2.05, 4.69) is 57.3 Å². The number of aryl methyl sites for hydroxylation is 1. The summed E-state index contributed by atoms with van der Waals surface area (Å²) in [4.78, 5) is 12.3. The summed E-state index contributed by atoms with van der Waals surface area (Å²) >= 11 is 0. The molecule has 0 radical (unpaired) electrons. The topological polar surface area (TPSA) is 53.6 Å². The summed E-state index contributed by atoms with van der Waals surface area (Å²) in [5.41, 5.74) is 4.22. The molecular weight excluding hydrogens is 320 g/mol. The molecule has 26 heavy (non-hydrogen) atoms. The monoisotopic (exact) mass is 342 g/mol. The first-order valence-corrected chi connectivity index (χ1v) is 8.90. The summed E-state index contributed by atoms with van der Waals surface area (Å²) in [7, 11) is 0. The lowest BCUT2D eigenvalue weighted by Gasteiger charge is -2.21. The van der Waals surface area contributed by atoms with Gasteiger partial charge in [0.05, 0.1) is 6.04 Å². The van der Waals surface area contributed by atoms with Gasteiger partial charge in [0.15, 0.2) is 0 Å². The highest BCUT2D eigenvalue weighted by atomic mass is 15.1. The summed E-state index contributed by atoms with van der Waals surface area (Å²) < 4.78 is 0. The van der Waals surface area contributed by atoms with E-state index in [9.17, 15) is 0 Å². The summed E-state index contributed by atoms with van der Waals surface area (Å²) in [5, 5.41) is 5.90. The standard InChI is InChI=1S/C22H22N4/c1-15-12-13-23-22(25-15)26-21(17-8-4-3-5-9-17)16(2)19-14-24-20-11-7-6-10-18(19)20/h3-5,8-14,21,24H,2,6-7H2,1H3,(H,23,25,26). The Morgan fingerprint density at radius 3 is 2.77 bits per heavy atom. The second-order valence-corrected chi connectivity index (χ2v) is 6.55. The quantitative estimate of drug-likeness (QED) is 0.748. The van der Waals surface area contributed by atoms with Crippen molar-refractivity contribution in [2.75, 3.05) is 5.32 Å². The number of aromatic amines is 1. The molecule has 1 aromatic carbocycles. The van der Waals surface area contributed by atoms with Gasteiger partial charge >= 0.3 is 0 Å². The largest absolute Gasteiger partial charge is 0.361 e. The van der Waals surface area contributed by atoms with Crippen molar-refractivity contribution in [3.63, 3.8) is 0 Å². The van der Waals surface area contributed by atoms with E-state index in [1.165, 1.54) is 10.6 Å². The Hall–Kier alpha value is -3.14. The minimum absolute atomic E-state index is 0.103. The number of rotatable bonds is 5. The Morgan fingerprint density at radius 1 is 1.15 bits per heavy atom. The Kier molecular flexibility index (Phi) is 4.40. The predicted molar refractivity (Wildman–Crippen MR) is 107 cm³/mol. The molecule has 0 spiro atoms. The van der Waals surface area contributed by atoms with Crippen LogP contribution in [0.5, 0.6) is 0 Å². The molecule has 0 saturated heterocycles. The van der Waals surface area contributed by atoms with Crippen molar-refractivity contribution < 1.29 is 0 Å². The summed E-state index contributed by atoms with van der Waals surface area (Å²) in [6.07, 6.45) is 10.5. The van der Waals surface area contributed by atoms with E-state index in [0.717, 1.165) is 35.2 Å². The number of benzene rings is 1. The fraction of sp³-hybridized carbons (Fsp3) is 0.182. The highest BCUT2D eigenvalue weighted by molar-refractivity contribution is 5.73. The van der Waals surface area contributed by atoms with Crippen molar-refractivity contribution in [1.29, 1.82) is 0 Å². The van der Waals surface area contributed by atoms with Crippen molar-refractivity contribution >= 4 is 23.7 Å². The molecule has 3 aromatic rings. The number of fused-ring (bicyclic) bond motifs is 1. The maximum Gasteiger partial charge on any atom is 0.223 e. The molecule has 130 valence electrons. The number of anilines is 1. The van der Waals surface area contributed by atoms with Gasteiger partial charge in [-0.05, 0) is 37.0 Å². The maximum absolute atomic E-state index is 4.50. The van der Waals surface area contributed by atoms with Gasteiger partial charge in [-0.2, -0.15) is 0 Å². The van der Waals surface area contributed by atoms with E-state index >= 15 is 0 Å². The van der Waals surface area contributed by atoms with Crippen LogP contribution in [0.4, 0.5) is 5.95 Å². The van der Waals surface area contributed by atoms with Gasteiger partial charge in [-0.15, -0.1) is 0 Å². The molecule has 2 aromatic heterocycles. The second-order valence-electron chi connectivity index (χ2n) is 6.55. The summed E-state index contributed by atoms with van der Waals surface area (Å²) in [6, 6.07) is 12.1. The first kappa shape index (κ1) is 16.3. The van der Waals surface area contributed by atoms with Crippen LogP contribution in [0.1, 0.15) is 35.7 Å². The second kappa shape index (κ2) is 7.00. The molecule has 2 N–H and O–H groups in total. The Bertz CT molecular complexity index is 1050. The molecule has 0 aliphatic heterocycles. The van der Waals surface area contributed by atoms with E-state index in [-0.39, 0.29) is 6.04 Å². The van der Waals surface area contributed by atoms with E-state index < -0.39 is 0 Å². The van der Waals surface area contributed by atoms with Crippen LogP contribution < -0.4 is 15.9 Å². The fourth-order valence-corrected chi connectivity index (χ4v) is 3.38. The van der Waals surface area contributed by atoms with Crippen molar-refractivity contribution in [1.82, 2.24) is 15.0 Å². The molecule has 1 unspecified atom stereocenters. The van der Waals surface area contributed by atoms with E-state index in [1.807, 2.05) is 31.2 Å². The number of nitrogens with one attached hydrogen (secondary N) is 2. The molecule has 0 saturated carbocycles. The van der Waals surface area contributed by atoms with Crippen LogP contribution in [-0.2, 0) is 0 Å². The van der Waals surface area contributed by atoms with Crippen LogP contribution >= 0.6 is 0 Å². The minimum Gasteiger partial charge on any atom is -0.361 e. The molecule has 4 heteroatoms. The van der Waals surface area contributed by atoms with Crippen molar-refractivity contribution in [2.24, 2.45) is 0 Å². The molecule has 4 rings (SSSR count). The van der Waals surface area contributed by atoms with Crippen molar-refractivity contribution in [3.8, 4) is 0 Å². The van der Waals surface area contributed by atoms with Gasteiger partial charge in [0.2, 0.25) is 5.95 Å². The van der Waals surface area contributed by atoms with Crippen molar-refractivity contribution in [2.45, 2.75) is 25.8 Å². The van der Waals surface area contributed by atoms with Gasteiger partial charge < -0.3 is 10.3 Å². The molecule has 2 heterocycles. The predicted octanol–water partition coefficient (Wildman–Crippen LogP) is 3.33. The summed E-state index contributed by atoms with van der Waals surface area (Å²) in [5.74, 6) is 0.611. The molecule has 0 fully saturated rings. The van der Waals surface area contributed by atoms with Gasteiger partial charge in [-0.25, -0.2) is 9.97 Å². The van der Waals surface area contributed by atoms with Crippen LogP contribution in [0.2, 0.25) is 0 Å². The lowest BCUT2D eigenvalue weighted by atomic mass is 9.94. The number of hydrogen-bond acceptors (Lipinski definition) is 3. The van der Waals surface area contributed by atoms with Crippen molar-refractivity contribution in [3.05, 3.63) is 82.8 Å². The minimum atomic E-state index is -0.103. The molecule has 4 nitrogen and oxygen atoms in total. The number of aromatic nitrogens is 3. The van der Waals surface area contributed by atoms with E-state index in [4.69, 9.17) is 0 Å². The first-order chi connectivity index (χ1) is 12.7. The highest BCUT2D eigenvalue weighted by Gasteiger charge is 2.19. The third-order valence-corrected chi connectivity index (χ3v) is 4.71. The van der Waals surface area contributed by atoms with Crippen LogP contribution in [0.3, 0.4) is 0 Å². The van der Waals surface area contributed by atoms with E-state index in [1.54, 1.807) is 6.20 Å². The van der Waals surface area contributed by atoms with Crippen LogP contribution in [0, 0.1) is 6.92 Å². The number of hydrogen-bond donors (Lipinski definition) is 2. The number of H-pyrrole nitrogens is 1. The fourth-order valence-electron chi connectivity index (χ4n) is 3.38. The Labute approximate surface area is 153 Å². The smallest absolute Gasteiger partial charge is 0.223 e. The number of nitrogens with zero attached hydrogens (tertiary/aromatic N) is 2. The lowest BCUT2D eigenvalue weighted by Crippen LogP contribution is -2.28. The molecule has 0 bridgehead atoms. The molecule has 1 atom stereocenters.